The maximum Gasteiger partial charge on any atom is 0.573 e. The molecule has 162 valence electrons. The number of hydrogen-bond acceptors (Lipinski definition) is 5. The van der Waals surface area contributed by atoms with Crippen LogP contribution in [0.15, 0.2) is 60.7 Å². The van der Waals surface area contributed by atoms with Crippen LogP contribution in [0.5, 0.6) is 17.2 Å². The van der Waals surface area contributed by atoms with E-state index in [-0.39, 0.29) is 17.4 Å². The third-order valence-electron chi connectivity index (χ3n) is 4.10. The van der Waals surface area contributed by atoms with Crippen molar-refractivity contribution in [1.82, 2.24) is 4.98 Å². The summed E-state index contributed by atoms with van der Waals surface area (Å²) in [5.41, 5.74) is 2.18. The largest absolute Gasteiger partial charge is 0.573 e. The summed E-state index contributed by atoms with van der Waals surface area (Å²) in [6.07, 6.45) is -4.83. The Bertz CT molecular complexity index is 1050. The van der Waals surface area contributed by atoms with E-state index in [1.54, 1.807) is 38.3 Å². The Labute approximate surface area is 176 Å². The summed E-state index contributed by atoms with van der Waals surface area (Å²) >= 11 is 0. The number of benzene rings is 2. The van der Waals surface area contributed by atoms with Gasteiger partial charge < -0.3 is 19.5 Å². The first-order valence-corrected chi connectivity index (χ1v) is 9.14. The average molecular weight is 432 g/mol. The van der Waals surface area contributed by atoms with E-state index in [2.05, 4.69) is 15.0 Å². The van der Waals surface area contributed by atoms with Crippen molar-refractivity contribution < 1.29 is 32.2 Å². The fraction of sp³-hybridized carbons (Fsp3) is 0.182. The predicted molar refractivity (Wildman–Crippen MR) is 107 cm³/mol. The molecule has 0 saturated carbocycles. The molecule has 1 N–H and O–H groups in total. The average Bonchev–Trinajstić information content (AvgIpc) is 2.70. The van der Waals surface area contributed by atoms with Crippen LogP contribution in [-0.2, 0) is 11.3 Å². The van der Waals surface area contributed by atoms with Gasteiger partial charge in [-0.3, -0.25) is 9.78 Å². The Kier molecular flexibility index (Phi) is 6.76. The number of hydrogen-bond donors (Lipinski definition) is 1. The summed E-state index contributed by atoms with van der Waals surface area (Å²) in [5, 5.41) is 2.74. The first-order valence-electron chi connectivity index (χ1n) is 9.14. The third-order valence-corrected chi connectivity index (χ3v) is 4.10. The van der Waals surface area contributed by atoms with Gasteiger partial charge in [-0.25, -0.2) is 0 Å². The Balaban J connectivity index is 1.68. The van der Waals surface area contributed by atoms with E-state index in [4.69, 9.17) is 9.47 Å². The van der Waals surface area contributed by atoms with Crippen molar-refractivity contribution in [3.63, 3.8) is 0 Å². The minimum absolute atomic E-state index is 0.0885. The Morgan fingerprint density at radius 2 is 1.68 bits per heavy atom. The van der Waals surface area contributed by atoms with Gasteiger partial charge in [0.2, 0.25) is 0 Å². The Morgan fingerprint density at radius 1 is 1.00 bits per heavy atom. The zero-order valence-electron chi connectivity index (χ0n) is 16.7. The lowest BCUT2D eigenvalue weighted by Crippen LogP contribution is -2.17. The molecule has 0 aliphatic carbocycles. The smallest absolute Gasteiger partial charge is 0.453 e. The minimum Gasteiger partial charge on any atom is -0.453 e. The molecule has 6 nitrogen and oxygen atoms in total. The molecule has 2 aromatic carbocycles. The van der Waals surface area contributed by atoms with Gasteiger partial charge in [-0.15, -0.1) is 13.2 Å². The van der Waals surface area contributed by atoms with Crippen molar-refractivity contribution in [1.29, 1.82) is 0 Å². The van der Waals surface area contributed by atoms with Crippen LogP contribution in [0.1, 0.15) is 21.7 Å². The predicted octanol–water partition coefficient (Wildman–Crippen LogP) is 5.48. The zero-order chi connectivity index (χ0) is 22.4. The van der Waals surface area contributed by atoms with Gasteiger partial charge in [-0.05, 0) is 55.5 Å². The monoisotopic (exact) mass is 432 g/mol. The summed E-state index contributed by atoms with van der Waals surface area (Å²) in [5.74, 6) is -0.605. The van der Waals surface area contributed by atoms with Gasteiger partial charge in [0.15, 0.2) is 11.5 Å². The van der Waals surface area contributed by atoms with Crippen molar-refractivity contribution in [3.8, 4) is 17.2 Å². The standard InChI is InChI=1S/C22H19F3N2O4/c1-14-18(12-9-16(26-14)13-29-2)21(28)27-15-7-10-17(11-8-15)30-19-5-3-4-6-20(19)31-22(23,24)25/h3-12H,13H2,1-2H3,(H,27,28). The molecule has 0 atom stereocenters. The van der Waals surface area contributed by atoms with E-state index in [1.807, 2.05) is 0 Å². The molecule has 3 aromatic rings. The molecular formula is C22H19F3N2O4. The number of pyridine rings is 1. The quantitative estimate of drug-likeness (QED) is 0.536. The lowest BCUT2D eigenvalue weighted by Gasteiger charge is -2.14. The number of amides is 1. The van der Waals surface area contributed by atoms with Crippen LogP contribution in [0.4, 0.5) is 18.9 Å². The topological polar surface area (TPSA) is 69.7 Å². The number of methoxy groups -OCH3 is 1. The van der Waals surface area contributed by atoms with Gasteiger partial charge in [0.25, 0.3) is 5.91 Å². The first-order chi connectivity index (χ1) is 14.7. The molecule has 0 spiro atoms. The summed E-state index contributed by atoms with van der Waals surface area (Å²) in [6, 6.07) is 15.0. The number of rotatable bonds is 7. The van der Waals surface area contributed by atoms with Crippen LogP contribution in [-0.4, -0.2) is 24.4 Å². The van der Waals surface area contributed by atoms with Crippen molar-refractivity contribution in [2.75, 3.05) is 12.4 Å². The molecule has 0 aliphatic rings. The molecule has 1 amide bonds. The van der Waals surface area contributed by atoms with E-state index in [0.29, 0.717) is 29.2 Å². The zero-order valence-corrected chi connectivity index (χ0v) is 16.7. The Morgan fingerprint density at radius 3 is 2.29 bits per heavy atom. The van der Waals surface area contributed by atoms with Gasteiger partial charge in [0.05, 0.1) is 23.6 Å². The minimum atomic E-state index is -4.83. The number of nitrogens with one attached hydrogen (secondary N) is 1. The van der Waals surface area contributed by atoms with E-state index in [1.165, 1.54) is 30.3 Å². The van der Waals surface area contributed by atoms with E-state index < -0.39 is 12.1 Å². The SMILES string of the molecule is COCc1ccc(C(=O)Nc2ccc(Oc3ccccc3OC(F)(F)F)cc2)c(C)n1. The highest BCUT2D eigenvalue weighted by Crippen LogP contribution is 2.35. The summed E-state index contributed by atoms with van der Waals surface area (Å²) in [7, 11) is 1.56. The van der Waals surface area contributed by atoms with Gasteiger partial charge >= 0.3 is 6.36 Å². The number of aryl methyl sites for hydroxylation is 1. The second kappa shape index (κ2) is 9.48. The molecule has 0 saturated heterocycles. The fourth-order valence-electron chi connectivity index (χ4n) is 2.76. The van der Waals surface area contributed by atoms with Crippen LogP contribution in [0, 0.1) is 6.92 Å². The molecule has 1 heterocycles. The second-order valence-corrected chi connectivity index (χ2v) is 6.44. The Hall–Kier alpha value is -3.59. The number of anilines is 1. The molecule has 9 heteroatoms. The molecule has 0 unspecified atom stereocenters. The van der Waals surface area contributed by atoms with E-state index in [0.717, 1.165) is 6.07 Å². The summed E-state index contributed by atoms with van der Waals surface area (Å²) < 4.78 is 52.1. The number of halogens is 3. The molecule has 0 bridgehead atoms. The number of alkyl halides is 3. The highest BCUT2D eigenvalue weighted by atomic mass is 19.4. The molecule has 31 heavy (non-hydrogen) atoms. The number of carbonyl (C=O) groups is 1. The summed E-state index contributed by atoms with van der Waals surface area (Å²) in [6.45, 7) is 2.08. The molecule has 3 rings (SSSR count). The molecule has 0 fully saturated rings. The van der Waals surface area contributed by atoms with Crippen LogP contribution < -0.4 is 14.8 Å². The normalized spacial score (nSPS) is 11.1. The maximum absolute atomic E-state index is 12.5. The van der Waals surface area contributed by atoms with Gasteiger partial charge in [0, 0.05) is 12.8 Å². The second-order valence-electron chi connectivity index (χ2n) is 6.44. The van der Waals surface area contributed by atoms with Crippen molar-refractivity contribution in [2.45, 2.75) is 19.9 Å². The van der Waals surface area contributed by atoms with Crippen molar-refractivity contribution >= 4 is 11.6 Å². The van der Waals surface area contributed by atoms with Gasteiger partial charge in [-0.2, -0.15) is 0 Å². The number of carbonyl (C=O) groups excluding carboxylic acids is 1. The molecule has 0 radical (unpaired) electrons. The fourth-order valence-corrected chi connectivity index (χ4v) is 2.76. The lowest BCUT2D eigenvalue weighted by molar-refractivity contribution is -0.275. The number of nitrogens with zero attached hydrogens (tertiary/aromatic N) is 1. The molecule has 1 aromatic heterocycles. The first kappa shape index (κ1) is 22.1. The molecule has 0 aliphatic heterocycles. The number of ether oxygens (including phenoxy) is 3. The number of aromatic nitrogens is 1. The summed E-state index contributed by atoms with van der Waals surface area (Å²) in [4.78, 5) is 16.8. The van der Waals surface area contributed by atoms with Gasteiger partial charge in [-0.1, -0.05) is 12.1 Å². The third kappa shape index (κ3) is 6.19. The van der Waals surface area contributed by atoms with Gasteiger partial charge in [0.1, 0.15) is 5.75 Å². The van der Waals surface area contributed by atoms with E-state index >= 15 is 0 Å². The lowest BCUT2D eigenvalue weighted by atomic mass is 10.1. The highest BCUT2D eigenvalue weighted by Gasteiger charge is 2.32. The van der Waals surface area contributed by atoms with Crippen LogP contribution in [0.2, 0.25) is 0 Å². The van der Waals surface area contributed by atoms with E-state index in [9.17, 15) is 18.0 Å². The van der Waals surface area contributed by atoms with Crippen molar-refractivity contribution in [3.05, 3.63) is 77.6 Å². The maximum atomic E-state index is 12.5. The van der Waals surface area contributed by atoms with Crippen LogP contribution in [0.3, 0.4) is 0 Å². The molecular weight excluding hydrogens is 413 g/mol. The van der Waals surface area contributed by atoms with Crippen molar-refractivity contribution in [2.24, 2.45) is 0 Å². The highest BCUT2D eigenvalue weighted by molar-refractivity contribution is 6.05. The van der Waals surface area contributed by atoms with Crippen LogP contribution >= 0.6 is 0 Å². The number of para-hydroxylation sites is 2. The van der Waals surface area contributed by atoms with Crippen LogP contribution in [0.25, 0.3) is 0 Å².